The number of carboxylic acids is 1. The smallest absolute Gasteiger partial charge is 0.334 e. The van der Waals surface area contributed by atoms with Crippen LogP contribution in [0.1, 0.15) is 31.2 Å². The van der Waals surface area contributed by atoms with Crippen LogP contribution in [0.5, 0.6) is 5.75 Å². The monoisotopic (exact) mass is 333 g/mol. The highest BCUT2D eigenvalue weighted by molar-refractivity contribution is 5.89. The third kappa shape index (κ3) is 2.98. The number of hydrogen-bond donors (Lipinski definition) is 1. The SMILES string of the molecule is COc1cccc(C2(C(=O)N3CCO[C@@H](C(=O)O)C3)CCCC2)c1. The van der Waals surface area contributed by atoms with E-state index in [0.717, 1.165) is 37.0 Å². The summed E-state index contributed by atoms with van der Waals surface area (Å²) in [5, 5.41) is 9.17. The molecule has 1 atom stereocenters. The first-order valence-electron chi connectivity index (χ1n) is 8.35. The number of carbonyl (C=O) groups excluding carboxylic acids is 1. The fourth-order valence-electron chi connectivity index (χ4n) is 3.81. The van der Waals surface area contributed by atoms with Crippen LogP contribution in [-0.2, 0) is 19.7 Å². The molecule has 0 aromatic heterocycles. The first-order valence-corrected chi connectivity index (χ1v) is 8.35. The zero-order valence-corrected chi connectivity index (χ0v) is 13.9. The van der Waals surface area contributed by atoms with Gasteiger partial charge in [0.1, 0.15) is 5.75 Å². The molecule has 6 heteroatoms. The molecule has 0 unspecified atom stereocenters. The Morgan fingerprint density at radius 2 is 2.08 bits per heavy atom. The van der Waals surface area contributed by atoms with Crippen molar-refractivity contribution in [2.24, 2.45) is 0 Å². The second kappa shape index (κ2) is 6.81. The Morgan fingerprint density at radius 1 is 1.33 bits per heavy atom. The van der Waals surface area contributed by atoms with Gasteiger partial charge < -0.3 is 19.5 Å². The van der Waals surface area contributed by atoms with Gasteiger partial charge in [0.05, 0.1) is 25.7 Å². The highest BCUT2D eigenvalue weighted by Crippen LogP contribution is 2.43. The highest BCUT2D eigenvalue weighted by atomic mass is 16.5. The fourth-order valence-corrected chi connectivity index (χ4v) is 3.81. The molecule has 130 valence electrons. The molecule has 0 radical (unpaired) electrons. The van der Waals surface area contributed by atoms with E-state index < -0.39 is 17.5 Å². The summed E-state index contributed by atoms with van der Waals surface area (Å²) in [6.45, 7) is 0.811. The molecule has 1 aliphatic carbocycles. The average molecular weight is 333 g/mol. The van der Waals surface area contributed by atoms with Gasteiger partial charge in [-0.1, -0.05) is 25.0 Å². The average Bonchev–Trinajstić information content (AvgIpc) is 3.12. The van der Waals surface area contributed by atoms with E-state index in [0.29, 0.717) is 6.54 Å². The van der Waals surface area contributed by atoms with Crippen LogP contribution in [0.4, 0.5) is 0 Å². The lowest BCUT2D eigenvalue weighted by Gasteiger charge is -2.38. The summed E-state index contributed by atoms with van der Waals surface area (Å²) in [6.07, 6.45) is 2.62. The van der Waals surface area contributed by atoms with E-state index in [1.165, 1.54) is 0 Å². The minimum absolute atomic E-state index is 0.0165. The van der Waals surface area contributed by atoms with E-state index in [1.807, 2.05) is 24.3 Å². The van der Waals surface area contributed by atoms with Crippen LogP contribution in [0, 0.1) is 0 Å². The normalized spacial score (nSPS) is 23.0. The number of aliphatic carboxylic acids is 1. The van der Waals surface area contributed by atoms with Gasteiger partial charge in [0.15, 0.2) is 6.10 Å². The van der Waals surface area contributed by atoms with E-state index in [4.69, 9.17) is 9.47 Å². The minimum Gasteiger partial charge on any atom is -0.497 e. The maximum Gasteiger partial charge on any atom is 0.334 e. The van der Waals surface area contributed by atoms with Crippen LogP contribution in [0.25, 0.3) is 0 Å². The number of methoxy groups -OCH3 is 1. The Bertz CT molecular complexity index is 624. The number of carboxylic acid groups (broad SMARTS) is 1. The molecule has 1 heterocycles. The zero-order chi connectivity index (χ0) is 17.2. The second-order valence-corrected chi connectivity index (χ2v) is 6.47. The van der Waals surface area contributed by atoms with Crippen LogP contribution in [-0.4, -0.2) is 54.8 Å². The number of benzene rings is 1. The summed E-state index contributed by atoms with van der Waals surface area (Å²) < 4.78 is 10.6. The number of hydrogen-bond acceptors (Lipinski definition) is 4. The van der Waals surface area contributed by atoms with E-state index in [9.17, 15) is 14.7 Å². The number of nitrogens with zero attached hydrogens (tertiary/aromatic N) is 1. The topological polar surface area (TPSA) is 76.1 Å². The summed E-state index contributed by atoms with van der Waals surface area (Å²) in [4.78, 5) is 26.2. The maximum atomic E-state index is 13.3. The third-order valence-electron chi connectivity index (χ3n) is 5.12. The predicted octanol–water partition coefficient (Wildman–Crippen LogP) is 1.82. The summed E-state index contributed by atoms with van der Waals surface area (Å²) in [6, 6.07) is 7.67. The van der Waals surface area contributed by atoms with Gasteiger partial charge >= 0.3 is 5.97 Å². The van der Waals surface area contributed by atoms with Gasteiger partial charge in [-0.25, -0.2) is 4.79 Å². The Kier molecular flexibility index (Phi) is 4.76. The molecule has 1 amide bonds. The lowest BCUT2D eigenvalue weighted by atomic mass is 9.77. The fraction of sp³-hybridized carbons (Fsp3) is 0.556. The largest absolute Gasteiger partial charge is 0.497 e. The molecule has 1 aromatic carbocycles. The van der Waals surface area contributed by atoms with Crippen molar-refractivity contribution in [2.45, 2.75) is 37.2 Å². The Hall–Kier alpha value is -2.08. The van der Waals surface area contributed by atoms with Gasteiger partial charge in [-0.3, -0.25) is 4.79 Å². The van der Waals surface area contributed by atoms with Gasteiger partial charge in [0, 0.05) is 6.54 Å². The molecular weight excluding hydrogens is 310 g/mol. The van der Waals surface area contributed by atoms with Gasteiger partial charge in [-0.05, 0) is 30.5 Å². The summed E-state index contributed by atoms with van der Waals surface area (Å²) in [5.41, 5.74) is 0.386. The van der Waals surface area contributed by atoms with Gasteiger partial charge in [-0.2, -0.15) is 0 Å². The van der Waals surface area contributed by atoms with E-state index >= 15 is 0 Å². The van der Waals surface area contributed by atoms with E-state index in [2.05, 4.69) is 0 Å². The van der Waals surface area contributed by atoms with Crippen molar-refractivity contribution in [3.05, 3.63) is 29.8 Å². The molecule has 1 saturated heterocycles. The minimum atomic E-state index is -1.02. The quantitative estimate of drug-likeness (QED) is 0.909. The Morgan fingerprint density at radius 3 is 2.75 bits per heavy atom. The number of morpholine rings is 1. The third-order valence-corrected chi connectivity index (χ3v) is 5.12. The standard InChI is InChI=1S/C18H23NO5/c1-23-14-6-4-5-13(11-14)18(7-2-3-8-18)17(22)19-9-10-24-15(12-19)16(20)21/h4-6,11,15H,2-3,7-10,12H2,1H3,(H,20,21)/t15-/m1/s1. The number of ether oxygens (including phenoxy) is 2. The molecule has 6 nitrogen and oxygen atoms in total. The molecule has 1 N–H and O–H groups in total. The molecule has 1 aromatic rings. The van der Waals surface area contributed by atoms with Crippen molar-refractivity contribution in [1.29, 1.82) is 0 Å². The van der Waals surface area contributed by atoms with Crippen molar-refractivity contribution in [1.82, 2.24) is 4.90 Å². The van der Waals surface area contributed by atoms with Gasteiger partial charge in [-0.15, -0.1) is 0 Å². The van der Waals surface area contributed by atoms with E-state index in [-0.39, 0.29) is 19.1 Å². The van der Waals surface area contributed by atoms with Crippen molar-refractivity contribution in [2.75, 3.05) is 26.8 Å². The predicted molar refractivity (Wildman–Crippen MR) is 87.1 cm³/mol. The van der Waals surface area contributed by atoms with Crippen molar-refractivity contribution in [3.63, 3.8) is 0 Å². The molecule has 3 rings (SSSR count). The van der Waals surface area contributed by atoms with Crippen LogP contribution in [0.15, 0.2) is 24.3 Å². The summed E-state index contributed by atoms with van der Waals surface area (Å²) in [7, 11) is 1.61. The molecular formula is C18H23NO5. The summed E-state index contributed by atoms with van der Waals surface area (Å²) in [5.74, 6) is -0.269. The molecule has 0 bridgehead atoms. The number of rotatable bonds is 4. The first kappa shape index (κ1) is 16.8. The van der Waals surface area contributed by atoms with Crippen LogP contribution in [0.3, 0.4) is 0 Å². The van der Waals surface area contributed by atoms with Crippen molar-refractivity contribution in [3.8, 4) is 5.75 Å². The van der Waals surface area contributed by atoms with Crippen LogP contribution < -0.4 is 4.74 Å². The molecule has 1 aliphatic heterocycles. The first-order chi connectivity index (χ1) is 11.6. The van der Waals surface area contributed by atoms with Crippen LogP contribution in [0.2, 0.25) is 0 Å². The van der Waals surface area contributed by atoms with Crippen molar-refractivity contribution >= 4 is 11.9 Å². The molecule has 2 fully saturated rings. The van der Waals surface area contributed by atoms with Gasteiger partial charge in [0.2, 0.25) is 5.91 Å². The van der Waals surface area contributed by atoms with Crippen molar-refractivity contribution < 1.29 is 24.2 Å². The van der Waals surface area contributed by atoms with E-state index in [1.54, 1.807) is 12.0 Å². The molecule has 1 saturated carbocycles. The Labute approximate surface area is 141 Å². The van der Waals surface area contributed by atoms with Crippen LogP contribution >= 0.6 is 0 Å². The zero-order valence-electron chi connectivity index (χ0n) is 13.9. The second-order valence-electron chi connectivity index (χ2n) is 6.47. The molecule has 24 heavy (non-hydrogen) atoms. The van der Waals surface area contributed by atoms with Gasteiger partial charge in [0.25, 0.3) is 0 Å². The lowest BCUT2D eigenvalue weighted by molar-refractivity contribution is -0.161. The lowest BCUT2D eigenvalue weighted by Crippen LogP contribution is -2.54. The highest BCUT2D eigenvalue weighted by Gasteiger charge is 2.46. The summed E-state index contributed by atoms with van der Waals surface area (Å²) >= 11 is 0. The maximum absolute atomic E-state index is 13.3. The number of amides is 1. The molecule has 2 aliphatic rings. The molecule has 0 spiro atoms. The Balaban J connectivity index is 1.89. The number of carbonyl (C=O) groups is 2.